The van der Waals surface area contributed by atoms with Crippen LogP contribution in [-0.2, 0) is 4.74 Å². The van der Waals surface area contributed by atoms with Crippen molar-refractivity contribution in [2.75, 3.05) is 6.61 Å². The number of halogens is 1. The Morgan fingerprint density at radius 2 is 2.56 bits per heavy atom. The van der Waals surface area contributed by atoms with Crippen molar-refractivity contribution in [1.29, 1.82) is 0 Å². The van der Waals surface area contributed by atoms with Gasteiger partial charge in [-0.1, -0.05) is 5.11 Å². The van der Waals surface area contributed by atoms with E-state index in [1.165, 1.54) is 0 Å². The molecule has 7 heteroatoms. The van der Waals surface area contributed by atoms with Crippen molar-refractivity contribution in [3.05, 3.63) is 28.4 Å². The Hall–Kier alpha value is -1.59. The molecule has 0 radical (unpaired) electrons. The van der Waals surface area contributed by atoms with Crippen LogP contribution in [-0.4, -0.2) is 29.0 Å². The van der Waals surface area contributed by atoms with E-state index in [4.69, 9.17) is 10.3 Å². The zero-order valence-electron chi connectivity index (χ0n) is 8.58. The summed E-state index contributed by atoms with van der Waals surface area (Å²) in [6, 6.07) is 1.13. The van der Waals surface area contributed by atoms with Crippen molar-refractivity contribution in [3.63, 3.8) is 0 Å². The SMILES string of the molecule is [N-]=[N+]=NC1CCOC(c2ccn[nH]2)CC1F. The lowest BCUT2D eigenvalue weighted by molar-refractivity contribution is 0.0479. The average Bonchev–Trinajstić information content (AvgIpc) is 2.74. The van der Waals surface area contributed by atoms with Gasteiger partial charge in [-0.2, -0.15) is 5.10 Å². The van der Waals surface area contributed by atoms with Crippen molar-refractivity contribution in [1.82, 2.24) is 10.2 Å². The van der Waals surface area contributed by atoms with E-state index in [0.29, 0.717) is 13.0 Å². The summed E-state index contributed by atoms with van der Waals surface area (Å²) < 4.78 is 19.3. The maximum Gasteiger partial charge on any atom is 0.112 e. The van der Waals surface area contributed by atoms with Crippen LogP contribution in [0.4, 0.5) is 4.39 Å². The summed E-state index contributed by atoms with van der Waals surface area (Å²) in [4.78, 5) is 2.65. The molecule has 1 fully saturated rings. The predicted molar refractivity (Wildman–Crippen MR) is 54.3 cm³/mol. The summed E-state index contributed by atoms with van der Waals surface area (Å²) in [6.07, 6.45) is 0.687. The second-order valence-electron chi connectivity index (χ2n) is 3.68. The summed E-state index contributed by atoms with van der Waals surface area (Å²) in [5, 5.41) is 10.00. The summed E-state index contributed by atoms with van der Waals surface area (Å²) in [6.45, 7) is 0.383. The second-order valence-corrected chi connectivity index (χ2v) is 3.68. The van der Waals surface area contributed by atoms with E-state index < -0.39 is 12.2 Å². The number of rotatable bonds is 2. The third kappa shape index (κ3) is 2.32. The third-order valence-corrected chi connectivity index (χ3v) is 2.66. The minimum atomic E-state index is -1.17. The van der Waals surface area contributed by atoms with Gasteiger partial charge < -0.3 is 4.74 Å². The van der Waals surface area contributed by atoms with Crippen LogP contribution >= 0.6 is 0 Å². The molecule has 0 bridgehead atoms. The summed E-state index contributed by atoms with van der Waals surface area (Å²) in [5.41, 5.74) is 9.07. The van der Waals surface area contributed by atoms with Gasteiger partial charge >= 0.3 is 0 Å². The molecule has 0 amide bonds. The monoisotopic (exact) mass is 225 g/mol. The Balaban J connectivity index is 2.08. The van der Waals surface area contributed by atoms with E-state index in [0.717, 1.165) is 5.69 Å². The standard InChI is InChI=1S/C9H12FN5O/c10-6-5-9(8-1-3-12-13-8)16-4-2-7(6)14-15-11/h1,3,6-7,9H,2,4-5H2,(H,12,13). The van der Waals surface area contributed by atoms with E-state index in [-0.39, 0.29) is 12.5 Å². The lowest BCUT2D eigenvalue weighted by Crippen LogP contribution is -2.19. The molecule has 2 heterocycles. The fraction of sp³-hybridized carbons (Fsp3) is 0.667. The minimum absolute atomic E-state index is 0.186. The molecule has 0 aliphatic carbocycles. The van der Waals surface area contributed by atoms with Crippen LogP contribution in [0.3, 0.4) is 0 Å². The Morgan fingerprint density at radius 3 is 3.25 bits per heavy atom. The maximum absolute atomic E-state index is 13.8. The highest BCUT2D eigenvalue weighted by Crippen LogP contribution is 2.29. The van der Waals surface area contributed by atoms with Gasteiger partial charge in [0.2, 0.25) is 0 Å². The fourth-order valence-electron chi connectivity index (χ4n) is 1.80. The van der Waals surface area contributed by atoms with E-state index in [1.54, 1.807) is 12.3 Å². The van der Waals surface area contributed by atoms with Gasteiger partial charge in [-0.15, -0.1) is 0 Å². The van der Waals surface area contributed by atoms with Gasteiger partial charge in [0, 0.05) is 24.1 Å². The number of hydrogen-bond donors (Lipinski definition) is 1. The third-order valence-electron chi connectivity index (χ3n) is 2.66. The molecule has 0 aromatic carbocycles. The Bertz CT molecular complexity index is 375. The first-order valence-corrected chi connectivity index (χ1v) is 5.10. The number of azide groups is 1. The first kappa shape index (κ1) is 10.9. The van der Waals surface area contributed by atoms with Crippen molar-refractivity contribution in [3.8, 4) is 0 Å². The second kappa shape index (κ2) is 4.96. The molecule has 1 aliphatic heterocycles. The Labute approximate surface area is 91.4 Å². The number of nitrogens with one attached hydrogen (secondary N) is 1. The van der Waals surface area contributed by atoms with Crippen molar-refractivity contribution >= 4 is 0 Å². The van der Waals surface area contributed by atoms with Crippen LogP contribution in [0.2, 0.25) is 0 Å². The number of aromatic amines is 1. The largest absolute Gasteiger partial charge is 0.372 e. The molecule has 1 aromatic rings. The highest BCUT2D eigenvalue weighted by molar-refractivity contribution is 5.04. The van der Waals surface area contributed by atoms with Crippen LogP contribution in [0.1, 0.15) is 24.6 Å². The molecule has 1 saturated heterocycles. The van der Waals surface area contributed by atoms with Gasteiger partial charge in [-0.3, -0.25) is 5.10 Å². The number of hydrogen-bond acceptors (Lipinski definition) is 3. The molecule has 1 aliphatic rings. The number of aromatic nitrogens is 2. The minimum Gasteiger partial charge on any atom is -0.372 e. The number of alkyl halides is 1. The van der Waals surface area contributed by atoms with Crippen molar-refractivity contribution < 1.29 is 9.13 Å². The normalized spacial score (nSPS) is 30.4. The first-order chi connectivity index (χ1) is 7.81. The Kier molecular flexibility index (Phi) is 3.38. The van der Waals surface area contributed by atoms with Gasteiger partial charge in [-0.25, -0.2) is 4.39 Å². The summed E-state index contributed by atoms with van der Waals surface area (Å²) in [5.74, 6) is 0. The van der Waals surface area contributed by atoms with E-state index in [2.05, 4.69) is 20.2 Å². The van der Waals surface area contributed by atoms with Gasteiger partial charge in [0.15, 0.2) is 0 Å². The first-order valence-electron chi connectivity index (χ1n) is 5.10. The molecule has 3 unspecified atom stereocenters. The molecule has 1 aromatic heterocycles. The maximum atomic E-state index is 13.8. The number of ether oxygens (including phenoxy) is 1. The van der Waals surface area contributed by atoms with Crippen LogP contribution < -0.4 is 0 Å². The molecule has 6 nitrogen and oxygen atoms in total. The summed E-state index contributed by atoms with van der Waals surface area (Å²) >= 11 is 0. The van der Waals surface area contributed by atoms with Crippen molar-refractivity contribution in [2.45, 2.75) is 31.2 Å². The van der Waals surface area contributed by atoms with Crippen LogP contribution in [0.25, 0.3) is 10.4 Å². The molecule has 86 valence electrons. The molecule has 3 atom stereocenters. The Morgan fingerprint density at radius 1 is 1.69 bits per heavy atom. The summed E-state index contributed by atoms with van der Waals surface area (Å²) in [7, 11) is 0. The molecule has 0 saturated carbocycles. The van der Waals surface area contributed by atoms with E-state index in [1.807, 2.05) is 0 Å². The van der Waals surface area contributed by atoms with Crippen LogP contribution in [0.15, 0.2) is 17.4 Å². The van der Waals surface area contributed by atoms with Gasteiger partial charge in [0.25, 0.3) is 0 Å². The lowest BCUT2D eigenvalue weighted by Gasteiger charge is -2.15. The highest BCUT2D eigenvalue weighted by Gasteiger charge is 2.29. The molecular formula is C9H12FN5O. The molecule has 2 rings (SSSR count). The number of H-pyrrole nitrogens is 1. The van der Waals surface area contributed by atoms with Gasteiger partial charge in [0.1, 0.15) is 12.3 Å². The molecule has 0 spiro atoms. The van der Waals surface area contributed by atoms with Crippen LogP contribution in [0, 0.1) is 0 Å². The number of nitrogens with zero attached hydrogens (tertiary/aromatic N) is 4. The zero-order valence-corrected chi connectivity index (χ0v) is 8.58. The highest BCUT2D eigenvalue weighted by atomic mass is 19.1. The molecular weight excluding hydrogens is 213 g/mol. The quantitative estimate of drug-likeness (QED) is 0.475. The van der Waals surface area contributed by atoms with Gasteiger partial charge in [0.05, 0.1) is 11.7 Å². The van der Waals surface area contributed by atoms with E-state index >= 15 is 0 Å². The van der Waals surface area contributed by atoms with Gasteiger partial charge in [-0.05, 0) is 18.0 Å². The fourth-order valence-corrected chi connectivity index (χ4v) is 1.80. The van der Waals surface area contributed by atoms with Crippen LogP contribution in [0.5, 0.6) is 0 Å². The topological polar surface area (TPSA) is 86.7 Å². The van der Waals surface area contributed by atoms with E-state index in [9.17, 15) is 4.39 Å². The molecule has 16 heavy (non-hydrogen) atoms. The lowest BCUT2D eigenvalue weighted by atomic mass is 10.0. The van der Waals surface area contributed by atoms with Crippen molar-refractivity contribution in [2.24, 2.45) is 5.11 Å². The predicted octanol–water partition coefficient (Wildman–Crippen LogP) is 2.28. The molecule has 1 N–H and O–H groups in total. The zero-order chi connectivity index (χ0) is 11.4. The average molecular weight is 225 g/mol. The smallest absolute Gasteiger partial charge is 0.112 e.